The van der Waals surface area contributed by atoms with Crippen molar-refractivity contribution in [1.29, 1.82) is 0 Å². The summed E-state index contributed by atoms with van der Waals surface area (Å²) in [5.74, 6) is -0.123. The molecule has 2 aromatic carbocycles. The first kappa shape index (κ1) is 19.8. The highest BCUT2D eigenvalue weighted by molar-refractivity contribution is 6.04. The van der Waals surface area contributed by atoms with Crippen LogP contribution in [-0.4, -0.2) is 54.8 Å². The maximum Gasteiger partial charge on any atom is 0.253 e. The highest BCUT2D eigenvalue weighted by Gasteiger charge is 2.20. The zero-order chi connectivity index (χ0) is 19.9. The number of benzene rings is 2. The van der Waals surface area contributed by atoms with Crippen molar-refractivity contribution in [3.63, 3.8) is 0 Å². The Labute approximate surface area is 166 Å². The van der Waals surface area contributed by atoms with Crippen molar-refractivity contribution < 1.29 is 9.59 Å². The van der Waals surface area contributed by atoms with Crippen LogP contribution in [0.15, 0.2) is 60.7 Å². The molecule has 5 nitrogen and oxygen atoms in total. The molecule has 3 rings (SSSR count). The Morgan fingerprint density at radius 1 is 0.929 bits per heavy atom. The molecule has 0 aliphatic carbocycles. The standard InChI is InChI=1S/C23H27N3O2/c1-3-18(19-7-5-4-6-8-19)17-22(27)24-21-11-9-20(10-12-21)23(28)26-15-13-25(2)14-16-26/h4-12,17H,3,13-16H2,1-2H3,(H,24,27)/b18-17+. The van der Waals surface area contributed by atoms with Crippen LogP contribution in [0, 0.1) is 0 Å². The van der Waals surface area contributed by atoms with Crippen molar-refractivity contribution >= 4 is 23.1 Å². The summed E-state index contributed by atoms with van der Waals surface area (Å²) in [5, 5.41) is 2.88. The molecule has 1 fully saturated rings. The van der Waals surface area contributed by atoms with Gasteiger partial charge in [-0.25, -0.2) is 0 Å². The molecule has 0 unspecified atom stereocenters. The molecule has 2 aromatic rings. The Hall–Kier alpha value is -2.92. The monoisotopic (exact) mass is 377 g/mol. The summed E-state index contributed by atoms with van der Waals surface area (Å²) < 4.78 is 0. The van der Waals surface area contributed by atoms with Crippen molar-refractivity contribution in [2.75, 3.05) is 38.5 Å². The zero-order valence-corrected chi connectivity index (χ0v) is 16.5. The fraction of sp³-hybridized carbons (Fsp3) is 0.304. The second kappa shape index (κ2) is 9.33. The highest BCUT2D eigenvalue weighted by atomic mass is 16.2. The summed E-state index contributed by atoms with van der Waals surface area (Å²) in [6, 6.07) is 17.0. The molecule has 1 N–H and O–H groups in total. The van der Waals surface area contributed by atoms with E-state index in [0.717, 1.165) is 43.7 Å². The molecule has 28 heavy (non-hydrogen) atoms. The molecule has 1 aliphatic rings. The first-order valence-corrected chi connectivity index (χ1v) is 9.71. The van der Waals surface area contributed by atoms with Gasteiger partial charge in [0.25, 0.3) is 5.91 Å². The quantitative estimate of drug-likeness (QED) is 0.812. The molecule has 146 valence electrons. The average molecular weight is 377 g/mol. The van der Waals surface area contributed by atoms with Crippen molar-refractivity contribution in [3.8, 4) is 0 Å². The Balaban J connectivity index is 1.63. The minimum absolute atomic E-state index is 0.0446. The fourth-order valence-electron chi connectivity index (χ4n) is 3.27. The summed E-state index contributed by atoms with van der Waals surface area (Å²) in [6.45, 7) is 5.32. The van der Waals surface area contributed by atoms with Gasteiger partial charge >= 0.3 is 0 Å². The Morgan fingerprint density at radius 2 is 1.57 bits per heavy atom. The third kappa shape index (κ3) is 5.08. The maximum atomic E-state index is 12.6. The van der Waals surface area contributed by atoms with Gasteiger partial charge in [-0.15, -0.1) is 0 Å². The SMILES string of the molecule is CC/C(=C\C(=O)Nc1ccc(C(=O)N2CCN(C)CC2)cc1)c1ccccc1. The molecule has 1 saturated heterocycles. The summed E-state index contributed by atoms with van der Waals surface area (Å²) in [6.07, 6.45) is 2.41. The lowest BCUT2D eigenvalue weighted by molar-refractivity contribution is -0.111. The lowest BCUT2D eigenvalue weighted by Gasteiger charge is -2.32. The lowest BCUT2D eigenvalue weighted by Crippen LogP contribution is -2.47. The fourth-order valence-corrected chi connectivity index (χ4v) is 3.27. The molecule has 0 radical (unpaired) electrons. The first-order valence-electron chi connectivity index (χ1n) is 9.71. The van der Waals surface area contributed by atoms with Crippen molar-refractivity contribution in [3.05, 3.63) is 71.8 Å². The second-order valence-corrected chi connectivity index (χ2v) is 7.05. The first-order chi connectivity index (χ1) is 13.6. The second-order valence-electron chi connectivity index (χ2n) is 7.05. The summed E-state index contributed by atoms with van der Waals surface area (Å²) in [5.41, 5.74) is 3.37. The van der Waals surface area contributed by atoms with E-state index in [4.69, 9.17) is 0 Å². The number of allylic oxidation sites excluding steroid dienone is 1. The van der Waals surface area contributed by atoms with Gasteiger partial charge in [-0.3, -0.25) is 9.59 Å². The molecule has 0 spiro atoms. The summed E-state index contributed by atoms with van der Waals surface area (Å²) in [4.78, 5) is 29.1. The van der Waals surface area contributed by atoms with Crippen LogP contribution >= 0.6 is 0 Å². The topological polar surface area (TPSA) is 52.7 Å². The number of nitrogens with one attached hydrogen (secondary N) is 1. The van der Waals surface area contributed by atoms with Crippen LogP contribution in [0.3, 0.4) is 0 Å². The summed E-state index contributed by atoms with van der Waals surface area (Å²) >= 11 is 0. The largest absolute Gasteiger partial charge is 0.336 e. The molecule has 0 aromatic heterocycles. The smallest absolute Gasteiger partial charge is 0.253 e. The molecular formula is C23H27N3O2. The van der Waals surface area contributed by atoms with Gasteiger partial charge in [0.2, 0.25) is 5.91 Å². The number of likely N-dealkylation sites (N-methyl/N-ethyl adjacent to an activating group) is 1. The van der Waals surface area contributed by atoms with Crippen LogP contribution in [0.5, 0.6) is 0 Å². The van der Waals surface area contributed by atoms with E-state index in [0.29, 0.717) is 11.3 Å². The molecule has 0 atom stereocenters. The highest BCUT2D eigenvalue weighted by Crippen LogP contribution is 2.18. The lowest BCUT2D eigenvalue weighted by atomic mass is 10.0. The van der Waals surface area contributed by atoms with Crippen LogP contribution in [0.25, 0.3) is 5.57 Å². The predicted molar refractivity (Wildman–Crippen MR) is 113 cm³/mol. The maximum absolute atomic E-state index is 12.6. The molecule has 1 heterocycles. The number of hydrogen-bond donors (Lipinski definition) is 1. The van der Waals surface area contributed by atoms with Crippen molar-refractivity contribution in [2.45, 2.75) is 13.3 Å². The van der Waals surface area contributed by atoms with E-state index in [1.807, 2.05) is 42.2 Å². The van der Waals surface area contributed by atoms with Crippen LogP contribution in [-0.2, 0) is 4.79 Å². The zero-order valence-electron chi connectivity index (χ0n) is 16.5. The molecular weight excluding hydrogens is 350 g/mol. The van der Waals surface area contributed by atoms with Crippen molar-refractivity contribution in [2.24, 2.45) is 0 Å². The van der Waals surface area contributed by atoms with E-state index in [1.165, 1.54) is 0 Å². The van der Waals surface area contributed by atoms with Gasteiger partial charge in [-0.1, -0.05) is 37.3 Å². The Kier molecular flexibility index (Phi) is 6.61. The number of rotatable bonds is 5. The van der Waals surface area contributed by atoms with E-state index in [-0.39, 0.29) is 11.8 Å². The van der Waals surface area contributed by atoms with Crippen LogP contribution in [0.1, 0.15) is 29.3 Å². The minimum atomic E-state index is -0.168. The van der Waals surface area contributed by atoms with Gasteiger partial charge in [0.05, 0.1) is 0 Å². The number of hydrogen-bond acceptors (Lipinski definition) is 3. The molecule has 5 heteroatoms. The predicted octanol–water partition coefficient (Wildman–Crippen LogP) is 3.51. The number of piperazine rings is 1. The van der Waals surface area contributed by atoms with Crippen LogP contribution in [0.4, 0.5) is 5.69 Å². The Bertz CT molecular complexity index is 836. The number of anilines is 1. The van der Waals surface area contributed by atoms with Crippen LogP contribution in [0.2, 0.25) is 0 Å². The number of nitrogens with zero attached hydrogens (tertiary/aromatic N) is 2. The van der Waals surface area contributed by atoms with Crippen molar-refractivity contribution in [1.82, 2.24) is 9.80 Å². The van der Waals surface area contributed by atoms with E-state index < -0.39 is 0 Å². The van der Waals surface area contributed by atoms with Crippen LogP contribution < -0.4 is 5.32 Å². The normalized spacial score (nSPS) is 15.4. The summed E-state index contributed by atoms with van der Waals surface area (Å²) in [7, 11) is 2.06. The number of carbonyl (C=O) groups excluding carboxylic acids is 2. The minimum Gasteiger partial charge on any atom is -0.336 e. The van der Waals surface area contributed by atoms with Gasteiger partial charge < -0.3 is 15.1 Å². The van der Waals surface area contributed by atoms with E-state index in [9.17, 15) is 9.59 Å². The number of carbonyl (C=O) groups is 2. The molecule has 2 amide bonds. The van der Waals surface area contributed by atoms with E-state index in [1.54, 1.807) is 30.3 Å². The average Bonchev–Trinajstić information content (AvgIpc) is 2.73. The van der Waals surface area contributed by atoms with E-state index in [2.05, 4.69) is 17.3 Å². The molecule has 0 bridgehead atoms. The Morgan fingerprint density at radius 3 is 2.18 bits per heavy atom. The number of amides is 2. The van der Waals surface area contributed by atoms with Gasteiger partial charge in [0.15, 0.2) is 0 Å². The third-order valence-corrected chi connectivity index (χ3v) is 5.02. The molecule has 0 saturated carbocycles. The third-order valence-electron chi connectivity index (χ3n) is 5.02. The van der Waals surface area contributed by atoms with Gasteiger partial charge in [0.1, 0.15) is 0 Å². The van der Waals surface area contributed by atoms with Gasteiger partial charge in [0, 0.05) is 43.5 Å². The van der Waals surface area contributed by atoms with Gasteiger partial charge in [-0.05, 0) is 48.9 Å². The molecule has 1 aliphatic heterocycles. The van der Waals surface area contributed by atoms with E-state index >= 15 is 0 Å². The van der Waals surface area contributed by atoms with Gasteiger partial charge in [-0.2, -0.15) is 0 Å².